The largest absolute Gasteiger partial charge is 0.305 e. The van der Waals surface area contributed by atoms with Gasteiger partial charge in [-0.3, -0.25) is 0 Å². The van der Waals surface area contributed by atoms with E-state index in [0.29, 0.717) is 25.0 Å². The Morgan fingerprint density at radius 2 is 1.93 bits per heavy atom. The quantitative estimate of drug-likeness (QED) is 0.683. The average molecular weight is 220 g/mol. The van der Waals surface area contributed by atoms with Crippen molar-refractivity contribution < 1.29 is 8.42 Å². The summed E-state index contributed by atoms with van der Waals surface area (Å²) in [6.45, 7) is 5.11. The van der Waals surface area contributed by atoms with Crippen LogP contribution in [0, 0.1) is 5.92 Å². The lowest BCUT2D eigenvalue weighted by Crippen LogP contribution is -2.36. The maximum atomic E-state index is 11.6. The first-order chi connectivity index (χ1) is 6.38. The molecule has 1 aliphatic rings. The van der Waals surface area contributed by atoms with E-state index in [4.69, 9.17) is 0 Å². The van der Waals surface area contributed by atoms with Gasteiger partial charge in [-0.05, 0) is 26.9 Å². The van der Waals surface area contributed by atoms with Gasteiger partial charge in [0.1, 0.15) is 0 Å². The zero-order chi connectivity index (χ0) is 10.9. The summed E-state index contributed by atoms with van der Waals surface area (Å²) in [6.07, 6.45) is 0. The van der Waals surface area contributed by atoms with E-state index in [-0.39, 0.29) is 5.75 Å². The second-order valence-electron chi connectivity index (χ2n) is 4.23. The van der Waals surface area contributed by atoms with Gasteiger partial charge in [-0.25, -0.2) is 12.7 Å². The lowest BCUT2D eigenvalue weighted by atomic mass is 10.1. The third-order valence-electron chi connectivity index (χ3n) is 2.96. The molecule has 0 amide bonds. The topological polar surface area (TPSA) is 40.6 Å². The molecule has 2 atom stereocenters. The van der Waals surface area contributed by atoms with Gasteiger partial charge >= 0.3 is 0 Å². The molecule has 1 aliphatic heterocycles. The Kier molecular flexibility index (Phi) is 3.55. The minimum atomic E-state index is -2.99. The standard InChI is InChI=1S/C9H20N2O2S/c1-5-14(12,13)11-6-8(2)9(7-11)10(3)4/h8-9H,5-7H2,1-4H3. The van der Waals surface area contributed by atoms with Crippen LogP contribution in [-0.2, 0) is 10.0 Å². The van der Waals surface area contributed by atoms with Crippen molar-refractivity contribution in [1.82, 2.24) is 9.21 Å². The van der Waals surface area contributed by atoms with E-state index in [2.05, 4.69) is 11.8 Å². The molecule has 0 bridgehead atoms. The summed E-state index contributed by atoms with van der Waals surface area (Å²) in [7, 11) is 1.02. The summed E-state index contributed by atoms with van der Waals surface area (Å²) in [5, 5.41) is 0. The van der Waals surface area contributed by atoms with E-state index in [0.717, 1.165) is 0 Å². The Morgan fingerprint density at radius 1 is 1.36 bits per heavy atom. The van der Waals surface area contributed by atoms with E-state index >= 15 is 0 Å². The summed E-state index contributed by atoms with van der Waals surface area (Å²) >= 11 is 0. The molecule has 84 valence electrons. The summed E-state index contributed by atoms with van der Waals surface area (Å²) < 4.78 is 24.9. The number of nitrogens with zero attached hydrogens (tertiary/aromatic N) is 2. The third kappa shape index (κ3) is 2.27. The van der Waals surface area contributed by atoms with Crippen LogP contribution in [0.25, 0.3) is 0 Å². The molecule has 0 spiro atoms. The molecule has 1 saturated heterocycles. The van der Waals surface area contributed by atoms with Crippen molar-refractivity contribution in [3.8, 4) is 0 Å². The number of hydrogen-bond acceptors (Lipinski definition) is 3. The van der Waals surface area contributed by atoms with Crippen LogP contribution in [0.5, 0.6) is 0 Å². The molecular weight excluding hydrogens is 200 g/mol. The Labute approximate surface area is 86.9 Å². The number of rotatable bonds is 3. The number of sulfonamides is 1. The monoisotopic (exact) mass is 220 g/mol. The SMILES string of the molecule is CCS(=O)(=O)N1CC(C)C(N(C)C)C1. The van der Waals surface area contributed by atoms with Gasteiger partial charge in [0, 0.05) is 19.1 Å². The van der Waals surface area contributed by atoms with Crippen molar-refractivity contribution in [2.75, 3.05) is 32.9 Å². The van der Waals surface area contributed by atoms with E-state index in [9.17, 15) is 8.42 Å². The van der Waals surface area contributed by atoms with Gasteiger partial charge in [0.15, 0.2) is 0 Å². The van der Waals surface area contributed by atoms with E-state index in [1.54, 1.807) is 11.2 Å². The van der Waals surface area contributed by atoms with Gasteiger partial charge in [0.25, 0.3) is 0 Å². The summed E-state index contributed by atoms with van der Waals surface area (Å²) in [5.41, 5.74) is 0. The van der Waals surface area contributed by atoms with Crippen molar-refractivity contribution in [2.24, 2.45) is 5.92 Å². The molecule has 14 heavy (non-hydrogen) atoms. The van der Waals surface area contributed by atoms with Gasteiger partial charge in [-0.15, -0.1) is 0 Å². The molecule has 0 aromatic heterocycles. The zero-order valence-electron chi connectivity index (χ0n) is 9.40. The lowest BCUT2D eigenvalue weighted by molar-refractivity contribution is 0.263. The first-order valence-electron chi connectivity index (χ1n) is 5.02. The van der Waals surface area contributed by atoms with Gasteiger partial charge in [0.2, 0.25) is 10.0 Å². The van der Waals surface area contributed by atoms with Crippen molar-refractivity contribution >= 4 is 10.0 Å². The molecule has 0 saturated carbocycles. The van der Waals surface area contributed by atoms with Crippen LogP contribution in [0.4, 0.5) is 0 Å². The van der Waals surface area contributed by atoms with Gasteiger partial charge in [-0.2, -0.15) is 0 Å². The molecule has 0 aromatic carbocycles. The molecular formula is C9H20N2O2S. The van der Waals surface area contributed by atoms with Crippen LogP contribution in [0.1, 0.15) is 13.8 Å². The highest BCUT2D eigenvalue weighted by atomic mass is 32.2. The molecule has 4 nitrogen and oxygen atoms in total. The summed E-state index contributed by atoms with van der Waals surface area (Å²) in [5.74, 6) is 0.631. The van der Waals surface area contributed by atoms with Crippen LogP contribution in [0.3, 0.4) is 0 Å². The smallest absolute Gasteiger partial charge is 0.213 e. The van der Waals surface area contributed by atoms with Gasteiger partial charge in [0.05, 0.1) is 5.75 Å². The highest BCUT2D eigenvalue weighted by Crippen LogP contribution is 2.22. The minimum Gasteiger partial charge on any atom is -0.305 e. The minimum absolute atomic E-state index is 0.208. The fraction of sp³-hybridized carbons (Fsp3) is 1.00. The van der Waals surface area contributed by atoms with Crippen molar-refractivity contribution in [1.29, 1.82) is 0 Å². The van der Waals surface area contributed by atoms with E-state index in [1.165, 1.54) is 0 Å². The predicted molar refractivity (Wildman–Crippen MR) is 57.7 cm³/mol. The molecule has 0 aromatic rings. The molecule has 5 heteroatoms. The predicted octanol–water partition coefficient (Wildman–Crippen LogP) is 0.218. The van der Waals surface area contributed by atoms with Crippen LogP contribution in [-0.4, -0.2) is 56.6 Å². The average Bonchev–Trinajstić information content (AvgIpc) is 2.48. The Balaban J connectivity index is 2.73. The fourth-order valence-electron chi connectivity index (χ4n) is 1.99. The maximum absolute atomic E-state index is 11.6. The molecule has 1 fully saturated rings. The first kappa shape index (κ1) is 11.9. The molecule has 1 heterocycles. The second kappa shape index (κ2) is 4.16. The Bertz CT molecular complexity index is 287. The Hall–Kier alpha value is -0.130. The van der Waals surface area contributed by atoms with Gasteiger partial charge < -0.3 is 4.90 Å². The Morgan fingerprint density at radius 3 is 2.29 bits per heavy atom. The van der Waals surface area contributed by atoms with Crippen LogP contribution in [0.2, 0.25) is 0 Å². The molecule has 0 N–H and O–H groups in total. The lowest BCUT2D eigenvalue weighted by Gasteiger charge is -2.22. The van der Waals surface area contributed by atoms with Crippen molar-refractivity contribution in [3.05, 3.63) is 0 Å². The number of likely N-dealkylation sites (N-methyl/N-ethyl adjacent to an activating group) is 1. The van der Waals surface area contributed by atoms with Crippen molar-refractivity contribution in [3.63, 3.8) is 0 Å². The van der Waals surface area contributed by atoms with Crippen molar-refractivity contribution in [2.45, 2.75) is 19.9 Å². The van der Waals surface area contributed by atoms with Crippen LogP contribution in [0.15, 0.2) is 0 Å². The third-order valence-corrected chi connectivity index (χ3v) is 4.78. The van der Waals surface area contributed by atoms with Crippen LogP contribution >= 0.6 is 0 Å². The normalized spacial score (nSPS) is 30.1. The van der Waals surface area contributed by atoms with E-state index < -0.39 is 10.0 Å². The highest BCUT2D eigenvalue weighted by Gasteiger charge is 2.36. The maximum Gasteiger partial charge on any atom is 0.213 e. The first-order valence-corrected chi connectivity index (χ1v) is 6.63. The fourth-order valence-corrected chi connectivity index (χ4v) is 3.20. The van der Waals surface area contributed by atoms with Crippen LogP contribution < -0.4 is 0 Å². The molecule has 0 radical (unpaired) electrons. The molecule has 0 aliphatic carbocycles. The van der Waals surface area contributed by atoms with E-state index in [1.807, 2.05) is 14.1 Å². The second-order valence-corrected chi connectivity index (χ2v) is 6.48. The van der Waals surface area contributed by atoms with Gasteiger partial charge in [-0.1, -0.05) is 6.92 Å². The molecule has 2 unspecified atom stereocenters. The zero-order valence-corrected chi connectivity index (χ0v) is 10.2. The highest BCUT2D eigenvalue weighted by molar-refractivity contribution is 7.89. The molecule has 1 rings (SSSR count). The summed E-state index contributed by atoms with van der Waals surface area (Å²) in [4.78, 5) is 2.11. The number of hydrogen-bond donors (Lipinski definition) is 0. The summed E-state index contributed by atoms with van der Waals surface area (Å²) in [6, 6.07) is 0.358.